The van der Waals surface area contributed by atoms with Crippen molar-refractivity contribution in [3.05, 3.63) is 32.6 Å². The minimum absolute atomic E-state index is 0.159. The van der Waals surface area contributed by atoms with Gasteiger partial charge < -0.3 is 10.5 Å². The largest absolute Gasteiger partial charge is 0.350 e. The number of ether oxygens (including phenoxy) is 1. The number of nitrogens with zero attached hydrogens (tertiary/aromatic N) is 1. The first-order chi connectivity index (χ1) is 8.02. The van der Waals surface area contributed by atoms with Gasteiger partial charge in [-0.1, -0.05) is 0 Å². The molecule has 0 spiro atoms. The number of aryl methyl sites for hydroxylation is 1. The molecule has 3 atom stereocenters. The molecule has 0 amide bonds. The van der Waals surface area contributed by atoms with Gasteiger partial charge in [0, 0.05) is 24.7 Å². The van der Waals surface area contributed by atoms with E-state index in [1.54, 1.807) is 0 Å². The lowest BCUT2D eigenvalue weighted by Gasteiger charge is -2.16. The lowest BCUT2D eigenvalue weighted by Crippen LogP contribution is -2.35. The molecular formula is C10H14FN3O3. The average Bonchev–Trinajstić information content (AvgIpc) is 2.65. The van der Waals surface area contributed by atoms with E-state index in [2.05, 4.69) is 4.98 Å². The number of alkyl halides is 1. The number of nitrogens with two attached hydrogens (primary N) is 1. The molecular weight excluding hydrogens is 229 g/mol. The molecule has 1 aromatic heterocycles. The summed E-state index contributed by atoms with van der Waals surface area (Å²) in [4.78, 5) is 24.8. The molecule has 1 saturated heterocycles. The van der Waals surface area contributed by atoms with Crippen LogP contribution in [0.1, 0.15) is 18.2 Å². The van der Waals surface area contributed by atoms with Crippen molar-refractivity contribution in [1.82, 2.24) is 9.55 Å². The number of halogens is 1. The minimum atomic E-state index is -1.30. The first kappa shape index (κ1) is 12.0. The Hall–Kier alpha value is -1.47. The van der Waals surface area contributed by atoms with Crippen molar-refractivity contribution in [3.8, 4) is 0 Å². The Bertz CT molecular complexity index is 524. The summed E-state index contributed by atoms with van der Waals surface area (Å²) in [6.45, 7) is 1.74. The van der Waals surface area contributed by atoms with Crippen LogP contribution < -0.4 is 17.0 Å². The Morgan fingerprint density at radius 2 is 2.35 bits per heavy atom. The summed E-state index contributed by atoms with van der Waals surface area (Å²) in [6.07, 6.45) is -1.24. The van der Waals surface area contributed by atoms with Crippen LogP contribution in [-0.4, -0.2) is 28.4 Å². The van der Waals surface area contributed by atoms with Gasteiger partial charge in [-0.3, -0.25) is 14.3 Å². The van der Waals surface area contributed by atoms with Gasteiger partial charge in [0.1, 0.15) is 6.17 Å². The zero-order valence-electron chi connectivity index (χ0n) is 9.35. The Labute approximate surface area is 96.2 Å². The quantitative estimate of drug-likeness (QED) is 0.727. The molecule has 1 aliphatic heterocycles. The van der Waals surface area contributed by atoms with E-state index in [4.69, 9.17) is 10.5 Å². The maximum atomic E-state index is 13.7. The number of rotatable bonds is 2. The fourth-order valence-electron chi connectivity index (χ4n) is 1.87. The van der Waals surface area contributed by atoms with Gasteiger partial charge in [0.2, 0.25) is 0 Å². The van der Waals surface area contributed by atoms with Gasteiger partial charge in [0.05, 0.1) is 6.10 Å². The van der Waals surface area contributed by atoms with Crippen LogP contribution in [0.2, 0.25) is 0 Å². The fourth-order valence-corrected chi connectivity index (χ4v) is 1.87. The van der Waals surface area contributed by atoms with Gasteiger partial charge >= 0.3 is 5.69 Å². The summed E-state index contributed by atoms with van der Waals surface area (Å²) in [7, 11) is 0. The molecule has 0 saturated carbocycles. The summed E-state index contributed by atoms with van der Waals surface area (Å²) in [5.74, 6) is 0. The molecule has 0 radical (unpaired) electrons. The molecule has 1 unspecified atom stereocenters. The van der Waals surface area contributed by atoms with E-state index in [1.807, 2.05) is 0 Å². The van der Waals surface area contributed by atoms with Crippen molar-refractivity contribution < 1.29 is 9.13 Å². The Kier molecular flexibility index (Phi) is 3.12. The number of hydrogen-bond donors (Lipinski definition) is 2. The van der Waals surface area contributed by atoms with Crippen LogP contribution in [0.25, 0.3) is 0 Å². The van der Waals surface area contributed by atoms with Crippen molar-refractivity contribution in [2.24, 2.45) is 5.73 Å². The van der Waals surface area contributed by atoms with Gasteiger partial charge in [-0.2, -0.15) is 0 Å². The summed E-state index contributed by atoms with van der Waals surface area (Å²) in [6, 6.07) is 0. The van der Waals surface area contributed by atoms with Gasteiger partial charge in [0.25, 0.3) is 5.56 Å². The highest BCUT2D eigenvalue weighted by Crippen LogP contribution is 2.29. The van der Waals surface area contributed by atoms with Crippen LogP contribution in [0.3, 0.4) is 0 Å². The van der Waals surface area contributed by atoms with E-state index in [0.29, 0.717) is 5.56 Å². The average molecular weight is 243 g/mol. The van der Waals surface area contributed by atoms with Crippen molar-refractivity contribution in [1.29, 1.82) is 0 Å². The fraction of sp³-hybridized carbons (Fsp3) is 0.600. The number of aromatic amines is 1. The predicted octanol–water partition coefficient (Wildman–Crippen LogP) is -0.571. The van der Waals surface area contributed by atoms with Crippen LogP contribution in [0, 0.1) is 6.92 Å². The second-order valence-electron chi connectivity index (χ2n) is 4.11. The van der Waals surface area contributed by atoms with Crippen LogP contribution in [0.4, 0.5) is 4.39 Å². The van der Waals surface area contributed by atoms with E-state index in [-0.39, 0.29) is 13.0 Å². The molecule has 3 N–H and O–H groups in total. The first-order valence-corrected chi connectivity index (χ1v) is 5.34. The van der Waals surface area contributed by atoms with Gasteiger partial charge in [-0.05, 0) is 6.92 Å². The van der Waals surface area contributed by atoms with Crippen molar-refractivity contribution in [2.75, 3.05) is 6.54 Å². The van der Waals surface area contributed by atoms with Crippen LogP contribution >= 0.6 is 0 Å². The molecule has 2 heterocycles. The molecule has 0 bridgehead atoms. The van der Waals surface area contributed by atoms with Gasteiger partial charge in [-0.25, -0.2) is 9.18 Å². The summed E-state index contributed by atoms with van der Waals surface area (Å²) >= 11 is 0. The highest BCUT2D eigenvalue weighted by Gasteiger charge is 2.36. The maximum absolute atomic E-state index is 13.7. The third kappa shape index (κ3) is 2.16. The second kappa shape index (κ2) is 4.42. The molecule has 6 nitrogen and oxygen atoms in total. The van der Waals surface area contributed by atoms with Crippen molar-refractivity contribution in [2.45, 2.75) is 31.8 Å². The maximum Gasteiger partial charge on any atom is 0.330 e. The van der Waals surface area contributed by atoms with E-state index >= 15 is 0 Å². The number of aromatic nitrogens is 2. The van der Waals surface area contributed by atoms with E-state index in [9.17, 15) is 14.0 Å². The SMILES string of the molecule is Cc1cn([C@@H]2O[C@H](CN)CC2F)c(=O)[nH]c1=O. The van der Waals surface area contributed by atoms with Crippen LogP contribution in [0.15, 0.2) is 15.8 Å². The molecule has 1 aliphatic rings. The normalized spacial score (nSPS) is 28.5. The summed E-state index contributed by atoms with van der Waals surface area (Å²) in [5, 5.41) is 0. The predicted molar refractivity (Wildman–Crippen MR) is 58.5 cm³/mol. The van der Waals surface area contributed by atoms with Crippen molar-refractivity contribution in [3.63, 3.8) is 0 Å². The zero-order valence-corrected chi connectivity index (χ0v) is 9.35. The molecule has 94 valence electrons. The third-order valence-corrected chi connectivity index (χ3v) is 2.81. The third-order valence-electron chi connectivity index (χ3n) is 2.81. The molecule has 1 aromatic rings. The lowest BCUT2D eigenvalue weighted by molar-refractivity contribution is -0.0181. The Morgan fingerprint density at radius 1 is 1.65 bits per heavy atom. The Morgan fingerprint density at radius 3 is 2.94 bits per heavy atom. The van der Waals surface area contributed by atoms with Crippen LogP contribution in [-0.2, 0) is 4.74 Å². The smallest absolute Gasteiger partial charge is 0.330 e. The summed E-state index contributed by atoms with van der Waals surface area (Å²) < 4.78 is 20.1. The van der Waals surface area contributed by atoms with E-state index < -0.39 is 29.8 Å². The zero-order chi connectivity index (χ0) is 12.6. The molecule has 0 aromatic carbocycles. The van der Waals surface area contributed by atoms with E-state index in [1.165, 1.54) is 13.1 Å². The van der Waals surface area contributed by atoms with Crippen molar-refractivity contribution >= 4 is 0 Å². The van der Waals surface area contributed by atoms with E-state index in [0.717, 1.165) is 4.57 Å². The molecule has 7 heteroatoms. The van der Waals surface area contributed by atoms with Gasteiger partial charge in [0.15, 0.2) is 6.23 Å². The van der Waals surface area contributed by atoms with Gasteiger partial charge in [-0.15, -0.1) is 0 Å². The second-order valence-corrected chi connectivity index (χ2v) is 4.11. The lowest BCUT2D eigenvalue weighted by atomic mass is 10.2. The highest BCUT2D eigenvalue weighted by atomic mass is 19.1. The number of nitrogens with one attached hydrogen (secondary N) is 1. The standard InChI is InChI=1S/C10H14FN3O3/c1-5-4-14(10(16)13-8(5)15)9-7(11)2-6(3-12)17-9/h4,6-7,9H,2-3,12H2,1H3,(H,13,15,16)/t6-,7?,9+/m0/s1. The number of H-pyrrole nitrogens is 1. The first-order valence-electron chi connectivity index (χ1n) is 5.34. The molecule has 1 fully saturated rings. The molecule has 2 rings (SSSR count). The molecule has 17 heavy (non-hydrogen) atoms. The highest BCUT2D eigenvalue weighted by molar-refractivity contribution is 5.02. The summed E-state index contributed by atoms with van der Waals surface area (Å²) in [5.41, 5.74) is 4.57. The topological polar surface area (TPSA) is 90.1 Å². The number of hydrogen-bond acceptors (Lipinski definition) is 4. The molecule has 0 aliphatic carbocycles. The van der Waals surface area contributed by atoms with Crippen LogP contribution in [0.5, 0.6) is 0 Å². The monoisotopic (exact) mass is 243 g/mol. The Balaban J connectivity index is 2.38. The minimum Gasteiger partial charge on any atom is -0.350 e.